The van der Waals surface area contributed by atoms with Crippen LogP contribution in [-0.4, -0.2) is 17.8 Å². The fourth-order valence-electron chi connectivity index (χ4n) is 3.15. The molecule has 0 saturated heterocycles. The maximum absolute atomic E-state index is 2.29. The Labute approximate surface area is 98.8 Å². The van der Waals surface area contributed by atoms with Gasteiger partial charge in [-0.15, -0.1) is 0 Å². The second kappa shape index (κ2) is 3.73. The van der Waals surface area contributed by atoms with E-state index >= 15 is 0 Å². The van der Waals surface area contributed by atoms with Crippen LogP contribution in [0.25, 0.3) is 0 Å². The van der Waals surface area contributed by atoms with E-state index in [1.54, 1.807) is 5.56 Å². The molecule has 2 rings (SSSR count). The number of hydrogen-bond acceptors (Lipinski definition) is 0. The van der Waals surface area contributed by atoms with Crippen LogP contribution in [0.5, 0.6) is 0 Å². The smallest absolute Gasteiger partial charge is 0.205 e. The summed E-state index contributed by atoms with van der Waals surface area (Å²) in [4.78, 5) is 0. The van der Waals surface area contributed by atoms with Gasteiger partial charge in [0.25, 0.3) is 0 Å². The fourth-order valence-corrected chi connectivity index (χ4v) is 3.15. The molecule has 0 aromatic heterocycles. The van der Waals surface area contributed by atoms with Crippen LogP contribution in [0.15, 0.2) is 0 Å². The van der Waals surface area contributed by atoms with Crippen molar-refractivity contribution in [3.8, 4) is 0 Å². The summed E-state index contributed by atoms with van der Waals surface area (Å²) in [5.74, 6) is 0.609. The molecule has 1 aromatic carbocycles. The molecule has 1 heterocycles. The molecule has 0 saturated carbocycles. The number of fused-ring (bicyclic) bond motifs is 1. The van der Waals surface area contributed by atoms with E-state index in [0.717, 1.165) is 6.42 Å². The van der Waals surface area contributed by atoms with Crippen molar-refractivity contribution in [2.45, 2.75) is 47.0 Å². The van der Waals surface area contributed by atoms with Crippen LogP contribution >= 0.6 is 0 Å². The molecule has 1 nitrogen and oxygen atoms in total. The van der Waals surface area contributed by atoms with Gasteiger partial charge < -0.3 is 0 Å². The fraction of sp³-hybridized carbons (Fsp3) is 0.533. The number of hydrogen-bond donors (Lipinski definition) is 0. The summed E-state index contributed by atoms with van der Waals surface area (Å²) < 4.78 is 2.29. The van der Waals surface area contributed by atoms with Crippen LogP contribution in [0.1, 0.15) is 47.6 Å². The molecular formula is C15H22N+. The molecule has 86 valence electrons. The third kappa shape index (κ3) is 1.41. The Bertz CT molecular complexity index is 479. The topological polar surface area (TPSA) is 3.01 Å². The number of nitrogens with zero attached hydrogens (tertiary/aromatic N) is 1. The Balaban J connectivity index is 2.80. The molecule has 0 unspecified atom stereocenters. The van der Waals surface area contributed by atoms with Gasteiger partial charge in [-0.2, -0.15) is 0 Å². The zero-order valence-electron chi connectivity index (χ0n) is 11.3. The minimum atomic E-state index is 0.609. The molecule has 0 atom stereocenters. The summed E-state index contributed by atoms with van der Waals surface area (Å²) in [5.41, 5.74) is 8.98. The van der Waals surface area contributed by atoms with E-state index in [4.69, 9.17) is 0 Å². The Morgan fingerprint density at radius 3 is 2.25 bits per heavy atom. The van der Waals surface area contributed by atoms with Crippen LogP contribution in [0.2, 0.25) is 0 Å². The van der Waals surface area contributed by atoms with E-state index in [1.807, 2.05) is 0 Å². The van der Waals surface area contributed by atoms with Crippen molar-refractivity contribution < 1.29 is 4.58 Å². The van der Waals surface area contributed by atoms with Gasteiger partial charge in [0.1, 0.15) is 13.3 Å². The lowest BCUT2D eigenvalue weighted by Gasteiger charge is -2.18. The van der Waals surface area contributed by atoms with Gasteiger partial charge in [-0.25, -0.2) is 4.58 Å². The maximum atomic E-state index is 2.29. The molecule has 1 heteroatoms. The largest absolute Gasteiger partial charge is 0.211 e. The Hall–Kier alpha value is -1.11. The van der Waals surface area contributed by atoms with Crippen molar-refractivity contribution in [2.75, 3.05) is 7.05 Å². The highest BCUT2D eigenvalue weighted by atomic mass is 15.0. The van der Waals surface area contributed by atoms with E-state index in [2.05, 4.69) is 52.5 Å². The van der Waals surface area contributed by atoms with Gasteiger partial charge in [-0.3, -0.25) is 0 Å². The van der Waals surface area contributed by atoms with Gasteiger partial charge in [-0.05, 0) is 43.4 Å². The van der Waals surface area contributed by atoms with Crippen LogP contribution in [0, 0.1) is 20.8 Å². The molecule has 0 bridgehead atoms. The minimum absolute atomic E-state index is 0.609. The van der Waals surface area contributed by atoms with Gasteiger partial charge in [0.15, 0.2) is 0 Å². The highest BCUT2D eigenvalue weighted by Gasteiger charge is 2.27. The monoisotopic (exact) mass is 216 g/mol. The molecule has 0 fully saturated rings. The summed E-state index contributed by atoms with van der Waals surface area (Å²) in [7, 11) is 2.16. The van der Waals surface area contributed by atoms with Gasteiger partial charge >= 0.3 is 0 Å². The first kappa shape index (κ1) is 11.4. The first-order chi connectivity index (χ1) is 7.45. The summed E-state index contributed by atoms with van der Waals surface area (Å²) in [6, 6.07) is 0. The summed E-state index contributed by atoms with van der Waals surface area (Å²) in [6.45, 7) is 11.4. The molecule has 16 heavy (non-hydrogen) atoms. The molecule has 1 aromatic rings. The van der Waals surface area contributed by atoms with Crippen LogP contribution < -0.4 is 0 Å². The molecule has 0 aliphatic carbocycles. The van der Waals surface area contributed by atoms with Crippen molar-refractivity contribution in [2.24, 2.45) is 0 Å². The number of benzene rings is 1. The van der Waals surface area contributed by atoms with Gasteiger partial charge in [-0.1, -0.05) is 13.8 Å². The van der Waals surface area contributed by atoms with Crippen LogP contribution in [-0.2, 0) is 6.42 Å². The van der Waals surface area contributed by atoms with Crippen LogP contribution in [0.3, 0.4) is 0 Å². The Morgan fingerprint density at radius 1 is 1.06 bits per heavy atom. The highest BCUT2D eigenvalue weighted by molar-refractivity contribution is 5.73. The molecule has 1 aliphatic heterocycles. The molecule has 0 N–H and O–H groups in total. The molecule has 0 spiro atoms. The van der Waals surface area contributed by atoms with Gasteiger partial charge in [0.05, 0.1) is 6.42 Å². The van der Waals surface area contributed by atoms with E-state index in [1.165, 1.54) is 27.9 Å². The second-order valence-electron chi connectivity index (χ2n) is 5.27. The predicted octanol–water partition coefficient (Wildman–Crippen LogP) is 3.64. The minimum Gasteiger partial charge on any atom is -0.205 e. The van der Waals surface area contributed by atoms with E-state index in [-0.39, 0.29) is 0 Å². The Morgan fingerprint density at radius 2 is 1.69 bits per heavy atom. The lowest BCUT2D eigenvalue weighted by Crippen LogP contribution is -2.05. The lowest BCUT2D eigenvalue weighted by atomic mass is 9.86. The van der Waals surface area contributed by atoms with Crippen molar-refractivity contribution in [3.05, 3.63) is 27.8 Å². The van der Waals surface area contributed by atoms with Crippen molar-refractivity contribution in [3.63, 3.8) is 0 Å². The summed E-state index contributed by atoms with van der Waals surface area (Å²) in [5, 5.41) is 0. The highest BCUT2D eigenvalue weighted by Crippen LogP contribution is 2.38. The zero-order chi connectivity index (χ0) is 12.0. The van der Waals surface area contributed by atoms with E-state index < -0.39 is 0 Å². The molecule has 0 radical (unpaired) electrons. The third-order valence-corrected chi connectivity index (χ3v) is 3.96. The predicted molar refractivity (Wildman–Crippen MR) is 70.4 cm³/mol. The van der Waals surface area contributed by atoms with E-state index in [0.29, 0.717) is 5.92 Å². The van der Waals surface area contributed by atoms with Crippen molar-refractivity contribution in [1.29, 1.82) is 0 Å². The molecule has 0 amide bonds. The van der Waals surface area contributed by atoms with Gasteiger partial charge in [0.2, 0.25) is 5.69 Å². The first-order valence-corrected chi connectivity index (χ1v) is 6.13. The standard InChI is InChI=1S/C15H22N/c1-9(2)14-11(4)10(3)13-7-8-16(6)15(13)12(14)5/h8-9H,7H2,1-6H3/q+1. The van der Waals surface area contributed by atoms with Crippen molar-refractivity contribution >= 4 is 11.9 Å². The molecule has 1 aliphatic rings. The lowest BCUT2D eigenvalue weighted by molar-refractivity contribution is -0.397. The molecular weight excluding hydrogens is 194 g/mol. The maximum Gasteiger partial charge on any atom is 0.211 e. The number of rotatable bonds is 1. The third-order valence-electron chi connectivity index (χ3n) is 3.96. The zero-order valence-corrected chi connectivity index (χ0v) is 11.3. The second-order valence-corrected chi connectivity index (χ2v) is 5.27. The quantitative estimate of drug-likeness (QED) is 0.631. The summed E-state index contributed by atoms with van der Waals surface area (Å²) in [6.07, 6.45) is 3.38. The van der Waals surface area contributed by atoms with Gasteiger partial charge in [0, 0.05) is 11.1 Å². The van der Waals surface area contributed by atoms with E-state index in [9.17, 15) is 0 Å². The average molecular weight is 216 g/mol. The van der Waals surface area contributed by atoms with Crippen molar-refractivity contribution in [1.82, 2.24) is 0 Å². The normalized spacial score (nSPS) is 14.3. The average Bonchev–Trinajstić information content (AvgIpc) is 2.57. The van der Waals surface area contributed by atoms with Crippen LogP contribution in [0.4, 0.5) is 5.69 Å². The SMILES string of the molecule is Cc1c(C)c(C(C)C)c(C)c2c1CC=[N+]2C. The Kier molecular flexibility index (Phi) is 2.65. The first-order valence-electron chi connectivity index (χ1n) is 6.13. The summed E-state index contributed by atoms with van der Waals surface area (Å²) >= 11 is 0.